The highest BCUT2D eigenvalue weighted by atomic mass is 127. The molecule has 20 heavy (non-hydrogen) atoms. The minimum absolute atomic E-state index is 0. The van der Waals surface area contributed by atoms with Crippen LogP contribution < -0.4 is 10.6 Å². The summed E-state index contributed by atoms with van der Waals surface area (Å²) in [4.78, 5) is 6.84. The molecule has 0 saturated carbocycles. The van der Waals surface area contributed by atoms with Crippen LogP contribution in [0.5, 0.6) is 0 Å². The van der Waals surface area contributed by atoms with Gasteiger partial charge in [-0.3, -0.25) is 9.89 Å². The van der Waals surface area contributed by atoms with E-state index in [1.165, 1.54) is 25.9 Å². The Kier molecular flexibility index (Phi) is 12.1. The van der Waals surface area contributed by atoms with Crippen molar-refractivity contribution in [3.8, 4) is 0 Å². The van der Waals surface area contributed by atoms with Crippen LogP contribution in [0.1, 0.15) is 26.7 Å². The first-order valence-electron chi connectivity index (χ1n) is 7.34. The van der Waals surface area contributed by atoms with Crippen molar-refractivity contribution in [3.63, 3.8) is 0 Å². The third-order valence-electron chi connectivity index (χ3n) is 3.83. The van der Waals surface area contributed by atoms with E-state index in [1.54, 1.807) is 0 Å². The summed E-state index contributed by atoms with van der Waals surface area (Å²) in [5.41, 5.74) is 0. The van der Waals surface area contributed by atoms with Gasteiger partial charge in [0.25, 0.3) is 0 Å². The van der Waals surface area contributed by atoms with E-state index in [2.05, 4.69) is 40.6 Å². The van der Waals surface area contributed by atoms with Crippen LogP contribution in [0.25, 0.3) is 0 Å². The molecule has 1 atom stereocenters. The standard InChI is InChI=1S/C14H30N4S.HI/c1-12-5-8-18(9-6-12)13(2)11-17-14(15-3)16-7-10-19-4;/h12-13H,5-11H2,1-4H3,(H2,15,16,17);1H. The molecule has 4 nitrogen and oxygen atoms in total. The van der Waals surface area contributed by atoms with E-state index in [4.69, 9.17) is 0 Å². The van der Waals surface area contributed by atoms with Crippen molar-refractivity contribution in [2.45, 2.75) is 32.7 Å². The summed E-state index contributed by atoms with van der Waals surface area (Å²) >= 11 is 1.85. The Labute approximate surface area is 145 Å². The number of hydrogen-bond acceptors (Lipinski definition) is 3. The molecule has 2 N–H and O–H groups in total. The van der Waals surface area contributed by atoms with E-state index in [0.717, 1.165) is 30.7 Å². The summed E-state index contributed by atoms with van der Waals surface area (Å²) in [6.45, 7) is 9.07. The average Bonchev–Trinajstić information content (AvgIpc) is 2.43. The molecule has 120 valence electrons. The number of piperidine rings is 1. The molecule has 6 heteroatoms. The van der Waals surface area contributed by atoms with Gasteiger partial charge in [-0.15, -0.1) is 24.0 Å². The van der Waals surface area contributed by atoms with E-state index in [9.17, 15) is 0 Å². The van der Waals surface area contributed by atoms with Crippen LogP contribution >= 0.6 is 35.7 Å². The number of guanidine groups is 1. The average molecular weight is 414 g/mol. The molecule has 1 saturated heterocycles. The van der Waals surface area contributed by atoms with Crippen LogP contribution in [0, 0.1) is 5.92 Å². The van der Waals surface area contributed by atoms with Crippen LogP contribution in [0.2, 0.25) is 0 Å². The van der Waals surface area contributed by atoms with Crippen LogP contribution in [-0.2, 0) is 0 Å². The zero-order chi connectivity index (χ0) is 14.1. The fraction of sp³-hybridized carbons (Fsp3) is 0.929. The van der Waals surface area contributed by atoms with Crippen LogP contribution in [-0.4, -0.2) is 62.1 Å². The lowest BCUT2D eigenvalue weighted by molar-refractivity contribution is 0.147. The van der Waals surface area contributed by atoms with Crippen LogP contribution in [0.15, 0.2) is 4.99 Å². The number of nitrogens with zero attached hydrogens (tertiary/aromatic N) is 2. The Morgan fingerprint density at radius 2 is 2.00 bits per heavy atom. The molecule has 0 aromatic carbocycles. The quantitative estimate of drug-likeness (QED) is 0.303. The first-order valence-corrected chi connectivity index (χ1v) is 8.74. The number of likely N-dealkylation sites (tertiary alicyclic amines) is 1. The van der Waals surface area contributed by atoms with Gasteiger partial charge in [0.2, 0.25) is 0 Å². The van der Waals surface area contributed by atoms with Gasteiger partial charge in [0.15, 0.2) is 5.96 Å². The third-order valence-corrected chi connectivity index (χ3v) is 4.44. The molecule has 1 heterocycles. The maximum absolute atomic E-state index is 4.26. The van der Waals surface area contributed by atoms with Gasteiger partial charge in [-0.2, -0.15) is 11.8 Å². The van der Waals surface area contributed by atoms with Crippen molar-refractivity contribution in [2.75, 3.05) is 45.2 Å². The molecule has 0 aromatic rings. The van der Waals surface area contributed by atoms with Crippen molar-refractivity contribution in [1.82, 2.24) is 15.5 Å². The highest BCUT2D eigenvalue weighted by molar-refractivity contribution is 14.0. The predicted octanol–water partition coefficient (Wildman–Crippen LogP) is 2.25. The molecule has 0 bridgehead atoms. The topological polar surface area (TPSA) is 39.7 Å². The summed E-state index contributed by atoms with van der Waals surface area (Å²) in [5, 5.41) is 6.76. The molecule has 1 unspecified atom stereocenters. The number of hydrogen-bond donors (Lipinski definition) is 2. The van der Waals surface area contributed by atoms with E-state index in [1.807, 2.05) is 18.8 Å². The predicted molar refractivity (Wildman–Crippen MR) is 103 cm³/mol. The van der Waals surface area contributed by atoms with Gasteiger partial charge in [0.1, 0.15) is 0 Å². The van der Waals surface area contributed by atoms with Gasteiger partial charge < -0.3 is 10.6 Å². The van der Waals surface area contributed by atoms with E-state index < -0.39 is 0 Å². The molecule has 0 amide bonds. The molecule has 1 fully saturated rings. The lowest BCUT2D eigenvalue weighted by Gasteiger charge is -2.35. The second-order valence-corrected chi connectivity index (χ2v) is 6.43. The van der Waals surface area contributed by atoms with Gasteiger partial charge in [0, 0.05) is 31.9 Å². The summed E-state index contributed by atoms with van der Waals surface area (Å²) in [6, 6.07) is 0.576. The summed E-state index contributed by atoms with van der Waals surface area (Å²) in [7, 11) is 1.83. The molecule has 0 aliphatic carbocycles. The van der Waals surface area contributed by atoms with Crippen molar-refractivity contribution >= 4 is 41.7 Å². The van der Waals surface area contributed by atoms with Crippen LogP contribution in [0.3, 0.4) is 0 Å². The van der Waals surface area contributed by atoms with Crippen molar-refractivity contribution in [2.24, 2.45) is 10.9 Å². The first-order chi connectivity index (χ1) is 9.17. The summed E-state index contributed by atoms with van der Waals surface area (Å²) in [5.74, 6) is 2.93. The minimum atomic E-state index is 0. The zero-order valence-corrected chi connectivity index (χ0v) is 16.5. The monoisotopic (exact) mass is 414 g/mol. The minimum Gasteiger partial charge on any atom is -0.356 e. The third kappa shape index (κ3) is 7.93. The number of aliphatic imine (C=N–C) groups is 1. The molecule has 1 aliphatic rings. The normalized spacial score (nSPS) is 19.3. The zero-order valence-electron chi connectivity index (χ0n) is 13.3. The van der Waals surface area contributed by atoms with Gasteiger partial charge >= 0.3 is 0 Å². The number of thioether (sulfide) groups is 1. The Morgan fingerprint density at radius 1 is 1.35 bits per heavy atom. The SMILES string of the molecule is CN=C(NCCSC)NCC(C)N1CCC(C)CC1.I. The van der Waals surface area contributed by atoms with Crippen molar-refractivity contribution < 1.29 is 0 Å². The Bertz CT molecular complexity index is 268. The molecule has 1 rings (SSSR count). The van der Waals surface area contributed by atoms with Crippen LogP contribution in [0.4, 0.5) is 0 Å². The molecule has 0 radical (unpaired) electrons. The summed E-state index contributed by atoms with van der Waals surface area (Å²) < 4.78 is 0. The van der Waals surface area contributed by atoms with Gasteiger partial charge in [0.05, 0.1) is 0 Å². The Hall–Kier alpha value is 0.310. The van der Waals surface area contributed by atoms with Gasteiger partial charge in [-0.25, -0.2) is 0 Å². The van der Waals surface area contributed by atoms with Gasteiger partial charge in [-0.05, 0) is 45.0 Å². The Morgan fingerprint density at radius 3 is 2.55 bits per heavy atom. The highest BCUT2D eigenvalue weighted by Gasteiger charge is 2.20. The smallest absolute Gasteiger partial charge is 0.191 e. The molecular weight excluding hydrogens is 383 g/mol. The fourth-order valence-corrected chi connectivity index (χ4v) is 2.64. The molecule has 1 aliphatic heterocycles. The van der Waals surface area contributed by atoms with E-state index >= 15 is 0 Å². The largest absolute Gasteiger partial charge is 0.356 e. The maximum atomic E-state index is 4.26. The van der Waals surface area contributed by atoms with Gasteiger partial charge in [-0.1, -0.05) is 6.92 Å². The van der Waals surface area contributed by atoms with E-state index in [0.29, 0.717) is 6.04 Å². The lowest BCUT2D eigenvalue weighted by Crippen LogP contribution is -2.48. The number of rotatable bonds is 6. The lowest BCUT2D eigenvalue weighted by atomic mass is 9.98. The number of nitrogens with one attached hydrogen (secondary N) is 2. The Balaban J connectivity index is 0.00000361. The summed E-state index contributed by atoms with van der Waals surface area (Å²) in [6.07, 6.45) is 4.80. The van der Waals surface area contributed by atoms with E-state index in [-0.39, 0.29) is 24.0 Å². The second kappa shape index (κ2) is 11.9. The molecular formula is C14H31IN4S. The van der Waals surface area contributed by atoms with Crippen molar-refractivity contribution in [1.29, 1.82) is 0 Å². The molecule has 0 aromatic heterocycles. The molecule has 0 spiro atoms. The first kappa shape index (κ1) is 20.3. The highest BCUT2D eigenvalue weighted by Crippen LogP contribution is 2.17. The van der Waals surface area contributed by atoms with Crippen molar-refractivity contribution in [3.05, 3.63) is 0 Å². The second-order valence-electron chi connectivity index (χ2n) is 5.44. The number of halogens is 1. The fourth-order valence-electron chi connectivity index (χ4n) is 2.33. The maximum Gasteiger partial charge on any atom is 0.191 e.